The molecule has 4 rings (SSSR count). The Hall–Kier alpha value is -2.58. The fourth-order valence-corrected chi connectivity index (χ4v) is 4.31. The Morgan fingerprint density at radius 2 is 1.77 bits per heavy atom. The van der Waals surface area contributed by atoms with Gasteiger partial charge in [-0.1, -0.05) is 0 Å². The lowest BCUT2D eigenvalue weighted by Gasteiger charge is -2.25. The Bertz CT molecular complexity index is 1070. The minimum atomic E-state index is -4.55. The lowest BCUT2D eigenvalue weighted by atomic mass is 9.93. The van der Waals surface area contributed by atoms with E-state index in [0.717, 1.165) is 36.2 Å². The first kappa shape index (κ1) is 21.6. The van der Waals surface area contributed by atoms with Gasteiger partial charge >= 0.3 is 6.18 Å². The van der Waals surface area contributed by atoms with Crippen LogP contribution in [0.1, 0.15) is 35.6 Å². The number of fused-ring (bicyclic) bond motifs is 1. The van der Waals surface area contributed by atoms with Gasteiger partial charge in [-0.2, -0.15) is 13.2 Å². The number of halogens is 4. The zero-order valence-electron chi connectivity index (χ0n) is 17.3. The lowest BCUT2D eigenvalue weighted by Crippen LogP contribution is -2.17. The molecule has 1 saturated heterocycles. The molecule has 1 fully saturated rings. The number of aromatic nitrogens is 1. The number of rotatable bonds is 5. The Balaban J connectivity index is 2.05. The molecule has 8 heteroatoms. The average molecular weight is 437 g/mol. The molecule has 0 amide bonds. The Morgan fingerprint density at radius 3 is 2.39 bits per heavy atom. The van der Waals surface area contributed by atoms with Gasteiger partial charge < -0.3 is 18.8 Å². The Labute approximate surface area is 177 Å². The van der Waals surface area contributed by atoms with Gasteiger partial charge in [-0.25, -0.2) is 4.39 Å². The predicted octanol–water partition coefficient (Wildman–Crippen LogP) is 5.97. The van der Waals surface area contributed by atoms with Gasteiger partial charge in [-0.15, -0.1) is 0 Å². The molecule has 4 nitrogen and oxygen atoms in total. The second kappa shape index (κ2) is 8.51. The van der Waals surface area contributed by atoms with E-state index in [1.807, 2.05) is 6.92 Å². The Morgan fingerprint density at radius 1 is 1.10 bits per heavy atom. The summed E-state index contributed by atoms with van der Waals surface area (Å²) in [7, 11) is 1.41. The highest BCUT2D eigenvalue weighted by molar-refractivity contribution is 5.93. The van der Waals surface area contributed by atoms with E-state index in [-0.39, 0.29) is 18.5 Å². The van der Waals surface area contributed by atoms with Gasteiger partial charge in [-0.3, -0.25) is 0 Å². The molecule has 0 saturated carbocycles. The molecule has 31 heavy (non-hydrogen) atoms. The summed E-state index contributed by atoms with van der Waals surface area (Å²) in [4.78, 5) is 0. The number of ether oxygens (including phenoxy) is 3. The van der Waals surface area contributed by atoms with Crippen molar-refractivity contribution in [1.82, 2.24) is 4.57 Å². The summed E-state index contributed by atoms with van der Waals surface area (Å²) < 4.78 is 72.5. The third-order valence-electron chi connectivity index (χ3n) is 5.67. The topological polar surface area (TPSA) is 32.6 Å². The normalized spacial score (nSPS) is 15.5. The highest BCUT2D eigenvalue weighted by Crippen LogP contribution is 2.44. The molecule has 0 unspecified atom stereocenters. The molecular weight excluding hydrogens is 414 g/mol. The van der Waals surface area contributed by atoms with Crippen LogP contribution in [0.4, 0.5) is 17.6 Å². The second-order valence-corrected chi connectivity index (χ2v) is 7.63. The van der Waals surface area contributed by atoms with Crippen LogP contribution in [-0.4, -0.2) is 31.7 Å². The standard InChI is InChI=1S/C23H23F4NO3/c1-14-21-19(11-16(23(25,26)27)12-20(21)31-13-29-2)28(18-5-3-17(24)4-6-18)22(14)15-7-9-30-10-8-15/h3-6,11-12,15H,7-10,13H2,1-2H3. The van der Waals surface area contributed by atoms with Crippen molar-refractivity contribution in [3.8, 4) is 11.4 Å². The third kappa shape index (κ3) is 4.14. The molecule has 1 aromatic heterocycles. The zero-order chi connectivity index (χ0) is 22.2. The first-order valence-corrected chi connectivity index (χ1v) is 10.0. The van der Waals surface area contributed by atoms with Crippen LogP contribution in [0.25, 0.3) is 16.6 Å². The quantitative estimate of drug-likeness (QED) is 0.364. The van der Waals surface area contributed by atoms with Crippen molar-refractivity contribution in [3.63, 3.8) is 0 Å². The summed E-state index contributed by atoms with van der Waals surface area (Å²) in [5, 5.41) is 0.593. The molecule has 166 valence electrons. The van der Waals surface area contributed by atoms with Crippen molar-refractivity contribution < 1.29 is 31.8 Å². The minimum absolute atomic E-state index is 0.0933. The summed E-state index contributed by atoms with van der Waals surface area (Å²) >= 11 is 0. The van der Waals surface area contributed by atoms with Crippen molar-refractivity contribution in [3.05, 3.63) is 59.0 Å². The fourth-order valence-electron chi connectivity index (χ4n) is 4.31. The predicted molar refractivity (Wildman–Crippen MR) is 108 cm³/mol. The molecule has 3 aromatic rings. The molecule has 0 N–H and O–H groups in total. The number of aryl methyl sites for hydroxylation is 1. The molecular formula is C23H23F4NO3. The fraction of sp³-hybridized carbons (Fsp3) is 0.391. The van der Waals surface area contributed by atoms with Crippen LogP contribution in [0.3, 0.4) is 0 Å². The second-order valence-electron chi connectivity index (χ2n) is 7.63. The monoisotopic (exact) mass is 437 g/mol. The molecule has 0 spiro atoms. The average Bonchev–Trinajstić information content (AvgIpc) is 3.05. The van der Waals surface area contributed by atoms with Gasteiger partial charge in [0.15, 0.2) is 6.79 Å². The van der Waals surface area contributed by atoms with Crippen LogP contribution in [0.15, 0.2) is 36.4 Å². The number of nitrogens with zero attached hydrogens (tertiary/aromatic N) is 1. The van der Waals surface area contributed by atoms with E-state index in [1.54, 1.807) is 16.7 Å². The lowest BCUT2D eigenvalue weighted by molar-refractivity contribution is -0.137. The molecule has 0 aliphatic carbocycles. The van der Waals surface area contributed by atoms with E-state index in [2.05, 4.69) is 0 Å². The highest BCUT2D eigenvalue weighted by atomic mass is 19.4. The van der Waals surface area contributed by atoms with Gasteiger partial charge in [0.1, 0.15) is 11.6 Å². The molecule has 2 aromatic carbocycles. The molecule has 1 aliphatic rings. The van der Waals surface area contributed by atoms with Crippen molar-refractivity contribution in [2.75, 3.05) is 27.1 Å². The van der Waals surface area contributed by atoms with Crippen LogP contribution in [0.2, 0.25) is 0 Å². The minimum Gasteiger partial charge on any atom is -0.467 e. The number of methoxy groups -OCH3 is 1. The van der Waals surface area contributed by atoms with Crippen molar-refractivity contribution in [2.24, 2.45) is 0 Å². The number of hydrogen-bond acceptors (Lipinski definition) is 3. The summed E-state index contributed by atoms with van der Waals surface area (Å²) in [6.45, 7) is 2.87. The van der Waals surface area contributed by atoms with Crippen molar-refractivity contribution in [1.29, 1.82) is 0 Å². The SMILES string of the molecule is COCOc1cc(C(F)(F)F)cc2c1c(C)c(C1CCOCC1)n2-c1ccc(F)cc1. The smallest absolute Gasteiger partial charge is 0.416 e. The van der Waals surface area contributed by atoms with Gasteiger partial charge in [0.2, 0.25) is 0 Å². The van der Waals surface area contributed by atoms with Crippen LogP contribution in [0, 0.1) is 12.7 Å². The van der Waals surface area contributed by atoms with E-state index in [0.29, 0.717) is 29.8 Å². The summed E-state index contributed by atoms with van der Waals surface area (Å²) in [5.41, 5.74) is 1.88. The highest BCUT2D eigenvalue weighted by Gasteiger charge is 2.34. The van der Waals surface area contributed by atoms with Crippen LogP contribution >= 0.6 is 0 Å². The van der Waals surface area contributed by atoms with Gasteiger partial charge in [-0.05, 0) is 61.7 Å². The van der Waals surface area contributed by atoms with Gasteiger partial charge in [0.05, 0.1) is 11.1 Å². The zero-order valence-corrected chi connectivity index (χ0v) is 17.3. The molecule has 0 atom stereocenters. The largest absolute Gasteiger partial charge is 0.467 e. The maximum absolute atomic E-state index is 13.7. The van der Waals surface area contributed by atoms with E-state index in [1.165, 1.54) is 19.2 Å². The molecule has 1 aliphatic heterocycles. The van der Waals surface area contributed by atoms with Crippen LogP contribution < -0.4 is 4.74 Å². The molecule has 0 bridgehead atoms. The van der Waals surface area contributed by atoms with E-state index in [9.17, 15) is 17.6 Å². The van der Waals surface area contributed by atoms with Gasteiger partial charge in [0.25, 0.3) is 0 Å². The van der Waals surface area contributed by atoms with Crippen LogP contribution in [0.5, 0.6) is 5.75 Å². The van der Waals surface area contributed by atoms with E-state index in [4.69, 9.17) is 14.2 Å². The number of hydrogen-bond donors (Lipinski definition) is 0. The van der Waals surface area contributed by atoms with Crippen LogP contribution in [-0.2, 0) is 15.7 Å². The molecule has 0 radical (unpaired) electrons. The first-order valence-electron chi connectivity index (χ1n) is 10.0. The van der Waals surface area contributed by atoms with Crippen molar-refractivity contribution in [2.45, 2.75) is 31.9 Å². The first-order chi connectivity index (χ1) is 14.8. The maximum atomic E-state index is 13.7. The Kier molecular flexibility index (Phi) is 5.94. The van der Waals surface area contributed by atoms with Crippen molar-refractivity contribution >= 4 is 10.9 Å². The summed E-state index contributed by atoms with van der Waals surface area (Å²) in [6.07, 6.45) is -3.05. The maximum Gasteiger partial charge on any atom is 0.416 e. The number of alkyl halides is 3. The summed E-state index contributed by atoms with van der Waals surface area (Å²) in [6, 6.07) is 7.91. The third-order valence-corrected chi connectivity index (χ3v) is 5.67. The van der Waals surface area contributed by atoms with E-state index >= 15 is 0 Å². The van der Waals surface area contributed by atoms with Gasteiger partial charge in [0, 0.05) is 43.0 Å². The number of benzene rings is 2. The molecule has 2 heterocycles. The summed E-state index contributed by atoms with van der Waals surface area (Å²) in [5.74, 6) is -0.209. The van der Waals surface area contributed by atoms with E-state index < -0.39 is 17.6 Å².